The van der Waals surface area contributed by atoms with Crippen LogP contribution in [0, 0.1) is 5.92 Å². The van der Waals surface area contributed by atoms with Gasteiger partial charge in [0.2, 0.25) is 0 Å². The van der Waals surface area contributed by atoms with Crippen molar-refractivity contribution in [3.8, 4) is 27.4 Å². The average Bonchev–Trinajstić information content (AvgIpc) is 3.69. The zero-order valence-corrected chi connectivity index (χ0v) is 27.4. The molecule has 0 fully saturated rings. The quantitative estimate of drug-likeness (QED) is 0.133. The van der Waals surface area contributed by atoms with Gasteiger partial charge in [0.15, 0.2) is 5.69 Å². The third-order valence-corrected chi connectivity index (χ3v) is 9.23. The molecule has 3 aromatic carbocycles. The Morgan fingerprint density at radius 3 is 2.36 bits per heavy atom. The molecule has 1 aliphatic rings. The molecule has 0 atom stereocenters. The molecule has 9 nitrogen and oxygen atoms in total. The number of pyridine rings is 1. The van der Waals surface area contributed by atoms with E-state index in [2.05, 4.69) is 41.5 Å². The number of hydrogen-bond donors (Lipinski definition) is 2. The first kappa shape index (κ1) is 32.0. The number of carbonyl (C=O) groups is 2. The van der Waals surface area contributed by atoms with Gasteiger partial charge in [0, 0.05) is 28.8 Å². The van der Waals surface area contributed by atoms with E-state index in [4.69, 9.17) is 9.47 Å². The van der Waals surface area contributed by atoms with Crippen LogP contribution in [0.1, 0.15) is 66.8 Å². The van der Waals surface area contributed by atoms with Crippen LogP contribution in [0.25, 0.3) is 32.5 Å². The van der Waals surface area contributed by atoms with Gasteiger partial charge in [-0.1, -0.05) is 81.8 Å². The third-order valence-electron chi connectivity index (χ3n) is 8.33. The van der Waals surface area contributed by atoms with Crippen LogP contribution in [0.3, 0.4) is 0 Å². The molecule has 5 aromatic rings. The van der Waals surface area contributed by atoms with Crippen LogP contribution in [0.4, 0.5) is 4.79 Å². The van der Waals surface area contributed by atoms with E-state index in [1.165, 1.54) is 16.7 Å². The van der Waals surface area contributed by atoms with Gasteiger partial charge in [-0.25, -0.2) is 14.6 Å². The number of thiazole rings is 1. The number of rotatable bonds is 12. The molecule has 2 heterocycles. The van der Waals surface area contributed by atoms with Crippen molar-refractivity contribution < 1.29 is 24.2 Å². The lowest BCUT2D eigenvalue weighted by molar-refractivity contribution is 0.0691. The number of nitrogens with zero attached hydrogens (tertiary/aromatic N) is 2. The van der Waals surface area contributed by atoms with E-state index in [0.717, 1.165) is 35.1 Å². The van der Waals surface area contributed by atoms with Crippen molar-refractivity contribution in [1.82, 2.24) is 14.9 Å². The van der Waals surface area contributed by atoms with Crippen molar-refractivity contribution in [2.24, 2.45) is 5.92 Å². The van der Waals surface area contributed by atoms with Crippen LogP contribution in [0.5, 0.6) is 5.75 Å². The highest BCUT2D eigenvalue weighted by Gasteiger charge is 2.29. The van der Waals surface area contributed by atoms with E-state index in [-0.39, 0.29) is 36.2 Å². The van der Waals surface area contributed by atoms with Crippen molar-refractivity contribution in [2.75, 3.05) is 13.2 Å². The highest BCUT2D eigenvalue weighted by Crippen LogP contribution is 2.44. The van der Waals surface area contributed by atoms with Crippen LogP contribution < -0.4 is 15.6 Å². The van der Waals surface area contributed by atoms with Crippen LogP contribution in [0.2, 0.25) is 0 Å². The summed E-state index contributed by atoms with van der Waals surface area (Å²) in [5.41, 5.74) is 5.53. The molecule has 0 aliphatic heterocycles. The number of carboxylic acid groups (broad SMARTS) is 1. The number of ether oxygens (including phenoxy) is 2. The minimum atomic E-state index is -1.10. The minimum Gasteiger partial charge on any atom is -0.491 e. The molecule has 0 radical (unpaired) electrons. The minimum absolute atomic E-state index is 0.0146. The van der Waals surface area contributed by atoms with Gasteiger partial charge < -0.3 is 24.5 Å². The molecule has 242 valence electrons. The second kappa shape index (κ2) is 13.8. The van der Waals surface area contributed by atoms with Gasteiger partial charge in [-0.05, 0) is 46.7 Å². The average molecular weight is 652 g/mol. The summed E-state index contributed by atoms with van der Waals surface area (Å²) in [7, 11) is 0. The van der Waals surface area contributed by atoms with Gasteiger partial charge in [0.1, 0.15) is 17.4 Å². The van der Waals surface area contributed by atoms with Gasteiger partial charge in [0.25, 0.3) is 5.56 Å². The van der Waals surface area contributed by atoms with E-state index in [9.17, 15) is 19.5 Å². The Hall–Kier alpha value is -4.96. The summed E-state index contributed by atoms with van der Waals surface area (Å²) in [5, 5.41) is 15.3. The van der Waals surface area contributed by atoms with Crippen molar-refractivity contribution >= 4 is 34.2 Å². The fourth-order valence-electron chi connectivity index (χ4n) is 6.12. The van der Waals surface area contributed by atoms with E-state index < -0.39 is 12.1 Å². The van der Waals surface area contributed by atoms with E-state index in [1.807, 2.05) is 44.2 Å². The number of benzene rings is 3. The second-order valence-electron chi connectivity index (χ2n) is 12.1. The third kappa shape index (κ3) is 6.51. The molecular formula is C37H37N3O6S. The number of alkyl carbamates (subject to hydrolysis) is 1. The smallest absolute Gasteiger partial charge is 0.407 e. The first-order chi connectivity index (χ1) is 22.8. The number of carbonyl (C=O) groups excluding carboxylic acids is 1. The molecule has 47 heavy (non-hydrogen) atoms. The Morgan fingerprint density at radius 2 is 1.72 bits per heavy atom. The Balaban J connectivity index is 1.32. The molecule has 1 aliphatic carbocycles. The van der Waals surface area contributed by atoms with Crippen LogP contribution in [0.15, 0.2) is 76.9 Å². The first-order valence-electron chi connectivity index (χ1n) is 15.9. The molecule has 10 heteroatoms. The molecule has 0 spiro atoms. The summed E-state index contributed by atoms with van der Waals surface area (Å²) in [5.74, 6) is -0.530. The maximum absolute atomic E-state index is 14.0. The predicted octanol–water partition coefficient (Wildman–Crippen LogP) is 7.70. The number of unbranched alkanes of at least 4 members (excludes halogenated alkanes) is 1. The van der Waals surface area contributed by atoms with E-state index in [1.54, 1.807) is 16.7 Å². The second-order valence-corrected chi connectivity index (χ2v) is 12.9. The lowest BCUT2D eigenvalue weighted by Crippen LogP contribution is -2.32. The summed E-state index contributed by atoms with van der Waals surface area (Å²) >= 11 is 1.22. The number of aromatic carboxylic acids is 1. The fraction of sp³-hybridized carbons (Fsp3) is 0.297. The van der Waals surface area contributed by atoms with Crippen molar-refractivity contribution in [1.29, 1.82) is 0 Å². The molecule has 0 bridgehead atoms. The SMILES string of the molecule is CCCCOc1c(CNC(=O)OCC2c3ccccc3-c3ccccc32)n(CC(C)C)c(=O)c2ccc(-c3nc(C(=O)O)cs3)cc12. The largest absolute Gasteiger partial charge is 0.491 e. The van der Waals surface area contributed by atoms with Gasteiger partial charge >= 0.3 is 12.1 Å². The zero-order valence-electron chi connectivity index (χ0n) is 26.6. The number of carboxylic acids is 1. The van der Waals surface area contributed by atoms with Crippen molar-refractivity contribution in [3.05, 3.63) is 105 Å². The van der Waals surface area contributed by atoms with Crippen LogP contribution >= 0.6 is 11.3 Å². The monoisotopic (exact) mass is 651 g/mol. The van der Waals surface area contributed by atoms with Crippen molar-refractivity contribution in [3.63, 3.8) is 0 Å². The Morgan fingerprint density at radius 1 is 1.02 bits per heavy atom. The molecular weight excluding hydrogens is 614 g/mol. The number of fused-ring (bicyclic) bond motifs is 4. The number of nitrogens with one attached hydrogen (secondary N) is 1. The Labute approximate surface area is 276 Å². The molecule has 1 amide bonds. The lowest BCUT2D eigenvalue weighted by atomic mass is 9.98. The lowest BCUT2D eigenvalue weighted by Gasteiger charge is -2.22. The van der Waals surface area contributed by atoms with Gasteiger partial charge in [-0.15, -0.1) is 11.3 Å². The van der Waals surface area contributed by atoms with Crippen LogP contribution in [-0.4, -0.2) is 39.9 Å². The highest BCUT2D eigenvalue weighted by atomic mass is 32.1. The molecule has 6 rings (SSSR count). The Kier molecular flexibility index (Phi) is 9.40. The fourth-order valence-corrected chi connectivity index (χ4v) is 6.91. The maximum Gasteiger partial charge on any atom is 0.407 e. The zero-order chi connectivity index (χ0) is 33.1. The highest BCUT2D eigenvalue weighted by molar-refractivity contribution is 7.13. The summed E-state index contributed by atoms with van der Waals surface area (Å²) in [6, 6.07) is 21.7. The van der Waals surface area contributed by atoms with Gasteiger partial charge in [-0.2, -0.15) is 0 Å². The van der Waals surface area contributed by atoms with Gasteiger partial charge in [0.05, 0.1) is 24.2 Å². The van der Waals surface area contributed by atoms with E-state index >= 15 is 0 Å². The molecule has 0 saturated heterocycles. The molecule has 0 unspecified atom stereocenters. The normalized spacial score (nSPS) is 12.3. The summed E-state index contributed by atoms with van der Waals surface area (Å²) < 4.78 is 13.9. The number of aromatic nitrogens is 2. The van der Waals surface area contributed by atoms with Crippen molar-refractivity contribution in [2.45, 2.75) is 52.6 Å². The van der Waals surface area contributed by atoms with Crippen LogP contribution in [-0.2, 0) is 17.8 Å². The maximum atomic E-state index is 14.0. The Bertz CT molecular complexity index is 1970. The topological polar surface area (TPSA) is 120 Å². The van der Waals surface area contributed by atoms with E-state index in [0.29, 0.717) is 45.9 Å². The number of hydrogen-bond acceptors (Lipinski definition) is 7. The molecule has 0 saturated carbocycles. The molecule has 2 N–H and O–H groups in total. The standard InChI is InChI=1S/C37H37N3O6S/c1-4-5-16-45-33-29-17-23(34-39-31(21-47-34)36(42)43)14-15-28(29)35(41)40(19-22(2)3)32(33)18-38-37(44)46-20-30-26-12-8-6-10-24(26)25-11-7-9-13-27(25)30/h6-15,17,21-22,30H,4-5,16,18-20H2,1-3H3,(H,38,44)(H,42,43). The number of amides is 1. The van der Waals surface area contributed by atoms with Gasteiger partial charge in [-0.3, -0.25) is 4.79 Å². The predicted molar refractivity (Wildman–Crippen MR) is 183 cm³/mol. The summed E-state index contributed by atoms with van der Waals surface area (Å²) in [4.78, 5) is 42.9. The summed E-state index contributed by atoms with van der Waals surface area (Å²) in [6.07, 6.45) is 1.13. The summed E-state index contributed by atoms with van der Waals surface area (Å²) in [6.45, 7) is 7.17. The first-order valence-corrected chi connectivity index (χ1v) is 16.7. The molecule has 2 aromatic heterocycles.